The fraction of sp³-hybridized carbons (Fsp3) is 0.286. The van der Waals surface area contributed by atoms with E-state index >= 15 is 0 Å². The largest absolute Gasteiger partial charge is 0.495 e. The van der Waals surface area contributed by atoms with Crippen molar-refractivity contribution in [2.75, 3.05) is 13.4 Å². The molecule has 2 aromatic carbocycles. The van der Waals surface area contributed by atoms with Crippen molar-refractivity contribution < 1.29 is 18.3 Å². The standard InChI is InChI=1S/C28H30N2O4S/c1-18(35(5,32)33)12-19-13-22-10-7-11-29-26(22)24(14-19)21-9-6-8-20(15-21)23-16-25(34-4)27(30-17-23)28(2,3)31/h6-11,13-18,31H,12H2,1-5H3. The van der Waals surface area contributed by atoms with Crippen LogP contribution in [-0.2, 0) is 21.9 Å². The zero-order valence-corrected chi connectivity index (χ0v) is 21.4. The lowest BCUT2D eigenvalue weighted by Gasteiger charge is -2.20. The summed E-state index contributed by atoms with van der Waals surface area (Å²) in [6.07, 6.45) is 5.19. The summed E-state index contributed by atoms with van der Waals surface area (Å²) in [5, 5.41) is 10.9. The van der Waals surface area contributed by atoms with E-state index in [9.17, 15) is 13.5 Å². The molecular formula is C28H30N2O4S. The number of nitrogens with zero attached hydrogens (tertiary/aromatic N) is 2. The number of hydrogen-bond donors (Lipinski definition) is 1. The van der Waals surface area contributed by atoms with E-state index in [1.54, 1.807) is 40.3 Å². The highest BCUT2D eigenvalue weighted by Gasteiger charge is 2.23. The Kier molecular flexibility index (Phi) is 6.66. The molecule has 7 heteroatoms. The lowest BCUT2D eigenvalue weighted by Crippen LogP contribution is -2.18. The lowest BCUT2D eigenvalue weighted by atomic mass is 9.94. The topological polar surface area (TPSA) is 89.4 Å². The van der Waals surface area contributed by atoms with E-state index in [0.717, 1.165) is 38.7 Å². The summed E-state index contributed by atoms with van der Waals surface area (Å²) in [5.74, 6) is 0.518. The number of methoxy groups -OCH3 is 1. The number of ether oxygens (including phenoxy) is 1. The highest BCUT2D eigenvalue weighted by atomic mass is 32.2. The molecular weight excluding hydrogens is 460 g/mol. The minimum atomic E-state index is -3.15. The molecule has 0 fully saturated rings. The summed E-state index contributed by atoms with van der Waals surface area (Å²) in [6.45, 7) is 5.09. The molecule has 0 amide bonds. The maximum Gasteiger partial charge on any atom is 0.150 e. The molecule has 2 aromatic heterocycles. The Hall–Kier alpha value is -3.29. The minimum absolute atomic E-state index is 0.426. The second-order valence-electron chi connectivity index (χ2n) is 9.48. The molecule has 1 atom stereocenters. The van der Waals surface area contributed by atoms with Crippen molar-refractivity contribution in [1.29, 1.82) is 0 Å². The Morgan fingerprint density at radius 3 is 2.43 bits per heavy atom. The van der Waals surface area contributed by atoms with Crippen molar-refractivity contribution in [2.45, 2.75) is 38.0 Å². The number of pyridine rings is 2. The molecule has 0 bridgehead atoms. The molecule has 0 radical (unpaired) electrons. The average Bonchev–Trinajstić information content (AvgIpc) is 2.82. The third kappa shape index (κ3) is 5.36. The zero-order chi connectivity index (χ0) is 25.4. The molecule has 4 aromatic rings. The summed E-state index contributed by atoms with van der Waals surface area (Å²) in [4.78, 5) is 9.09. The van der Waals surface area contributed by atoms with E-state index in [4.69, 9.17) is 4.74 Å². The summed E-state index contributed by atoms with van der Waals surface area (Å²) in [5.41, 5.74) is 4.85. The molecule has 1 N–H and O–H groups in total. The Labute approximate surface area is 206 Å². The average molecular weight is 491 g/mol. The monoisotopic (exact) mass is 490 g/mol. The van der Waals surface area contributed by atoms with Crippen molar-refractivity contribution >= 4 is 20.7 Å². The van der Waals surface area contributed by atoms with Crippen LogP contribution in [0, 0.1) is 0 Å². The molecule has 0 saturated heterocycles. The van der Waals surface area contributed by atoms with Gasteiger partial charge in [-0.25, -0.2) is 8.42 Å². The normalized spacial score (nSPS) is 13.1. The number of hydrogen-bond acceptors (Lipinski definition) is 6. The molecule has 35 heavy (non-hydrogen) atoms. The quantitative estimate of drug-likeness (QED) is 0.384. The van der Waals surface area contributed by atoms with Crippen molar-refractivity contribution in [3.63, 3.8) is 0 Å². The maximum atomic E-state index is 12.0. The van der Waals surface area contributed by atoms with Crippen LogP contribution in [0.4, 0.5) is 0 Å². The highest BCUT2D eigenvalue weighted by Crippen LogP contribution is 2.35. The van der Waals surface area contributed by atoms with Gasteiger partial charge in [-0.1, -0.05) is 24.3 Å². The summed E-state index contributed by atoms with van der Waals surface area (Å²) in [6, 6.07) is 17.9. The van der Waals surface area contributed by atoms with Gasteiger partial charge in [-0.3, -0.25) is 9.97 Å². The lowest BCUT2D eigenvalue weighted by molar-refractivity contribution is 0.0707. The number of aliphatic hydroxyl groups is 1. The van der Waals surface area contributed by atoms with E-state index in [0.29, 0.717) is 17.9 Å². The van der Waals surface area contributed by atoms with Crippen LogP contribution in [0.3, 0.4) is 0 Å². The summed E-state index contributed by atoms with van der Waals surface area (Å²) < 4.78 is 29.6. The van der Waals surface area contributed by atoms with Gasteiger partial charge in [0.25, 0.3) is 0 Å². The van der Waals surface area contributed by atoms with Gasteiger partial charge in [0.1, 0.15) is 26.9 Å². The molecule has 6 nitrogen and oxygen atoms in total. The van der Waals surface area contributed by atoms with Gasteiger partial charge in [0.2, 0.25) is 0 Å². The van der Waals surface area contributed by atoms with Crippen LogP contribution in [0.15, 0.2) is 67.0 Å². The molecule has 0 aliphatic carbocycles. The van der Waals surface area contributed by atoms with Gasteiger partial charge in [0.05, 0.1) is 17.9 Å². The molecule has 182 valence electrons. The summed E-state index contributed by atoms with van der Waals surface area (Å²) in [7, 11) is -1.58. The van der Waals surface area contributed by atoms with Gasteiger partial charge in [-0.05, 0) is 74.2 Å². The second-order valence-corrected chi connectivity index (χ2v) is 11.9. The minimum Gasteiger partial charge on any atom is -0.495 e. The zero-order valence-electron chi connectivity index (χ0n) is 20.6. The Morgan fingerprint density at radius 2 is 1.74 bits per heavy atom. The van der Waals surface area contributed by atoms with Gasteiger partial charge in [-0.2, -0.15) is 0 Å². The molecule has 0 aliphatic heterocycles. The van der Waals surface area contributed by atoms with E-state index in [-0.39, 0.29) is 0 Å². The first-order chi connectivity index (χ1) is 16.5. The van der Waals surface area contributed by atoms with Gasteiger partial charge < -0.3 is 9.84 Å². The molecule has 4 rings (SSSR count). The van der Waals surface area contributed by atoms with Gasteiger partial charge in [-0.15, -0.1) is 0 Å². The van der Waals surface area contributed by atoms with Gasteiger partial charge in [0.15, 0.2) is 0 Å². The Balaban J connectivity index is 1.82. The van der Waals surface area contributed by atoms with E-state index < -0.39 is 20.7 Å². The van der Waals surface area contributed by atoms with E-state index in [2.05, 4.69) is 16.0 Å². The van der Waals surface area contributed by atoms with Gasteiger partial charge >= 0.3 is 0 Å². The first-order valence-electron chi connectivity index (χ1n) is 11.4. The third-order valence-electron chi connectivity index (χ3n) is 6.18. The van der Waals surface area contributed by atoms with Crippen molar-refractivity contribution in [2.24, 2.45) is 0 Å². The smallest absolute Gasteiger partial charge is 0.150 e. The van der Waals surface area contributed by atoms with Crippen molar-refractivity contribution in [1.82, 2.24) is 9.97 Å². The molecule has 1 unspecified atom stereocenters. The first kappa shape index (κ1) is 24.8. The second kappa shape index (κ2) is 9.40. The SMILES string of the molecule is COc1cc(-c2cccc(-c3cc(CC(C)S(C)(=O)=O)cc4cccnc34)c2)cnc1C(C)(C)O. The predicted molar refractivity (Wildman–Crippen MR) is 140 cm³/mol. The number of rotatable bonds is 7. The molecule has 2 heterocycles. The van der Waals surface area contributed by atoms with Gasteiger partial charge in [0, 0.05) is 35.2 Å². The highest BCUT2D eigenvalue weighted by molar-refractivity contribution is 7.91. The van der Waals surface area contributed by atoms with Crippen LogP contribution < -0.4 is 4.74 Å². The fourth-order valence-electron chi connectivity index (χ4n) is 4.16. The number of aromatic nitrogens is 2. The third-order valence-corrected chi connectivity index (χ3v) is 7.81. The Bertz CT molecular complexity index is 1490. The van der Waals surface area contributed by atoms with Crippen LogP contribution in [0.25, 0.3) is 33.2 Å². The van der Waals surface area contributed by atoms with Crippen LogP contribution in [0.1, 0.15) is 32.0 Å². The van der Waals surface area contributed by atoms with Crippen LogP contribution in [0.2, 0.25) is 0 Å². The summed E-state index contributed by atoms with van der Waals surface area (Å²) >= 11 is 0. The van der Waals surface area contributed by atoms with E-state index in [1.165, 1.54) is 6.26 Å². The van der Waals surface area contributed by atoms with E-state index in [1.807, 2.05) is 48.5 Å². The van der Waals surface area contributed by atoms with Crippen LogP contribution in [-0.4, -0.2) is 42.1 Å². The van der Waals surface area contributed by atoms with Crippen molar-refractivity contribution in [3.05, 3.63) is 78.2 Å². The Morgan fingerprint density at radius 1 is 1.00 bits per heavy atom. The molecule has 0 saturated carbocycles. The predicted octanol–water partition coefficient (Wildman–Crippen LogP) is 5.18. The number of fused-ring (bicyclic) bond motifs is 1. The number of sulfone groups is 1. The van der Waals surface area contributed by atoms with Crippen LogP contribution in [0.5, 0.6) is 5.75 Å². The number of benzene rings is 2. The fourth-order valence-corrected chi connectivity index (χ4v) is 4.65. The van der Waals surface area contributed by atoms with Crippen LogP contribution >= 0.6 is 0 Å². The first-order valence-corrected chi connectivity index (χ1v) is 13.4. The maximum absolute atomic E-state index is 12.0. The molecule has 0 spiro atoms. The van der Waals surface area contributed by atoms with Crippen molar-refractivity contribution in [3.8, 4) is 28.0 Å². The molecule has 0 aliphatic rings.